The van der Waals surface area contributed by atoms with E-state index in [0.717, 1.165) is 6.42 Å². The van der Waals surface area contributed by atoms with Gasteiger partial charge in [0.05, 0.1) is 19.8 Å². The van der Waals surface area contributed by atoms with E-state index < -0.39 is 18.1 Å². The van der Waals surface area contributed by atoms with Crippen molar-refractivity contribution in [3.63, 3.8) is 0 Å². The smallest absolute Gasteiger partial charge is 0.323 e. The number of aliphatic hydroxyl groups excluding tert-OH is 1. The fourth-order valence-corrected chi connectivity index (χ4v) is 2.13. The van der Waals surface area contributed by atoms with Gasteiger partial charge in [-0.1, -0.05) is 6.92 Å². The summed E-state index contributed by atoms with van der Waals surface area (Å²) in [6.07, 6.45) is 0.551. The lowest BCUT2D eigenvalue weighted by atomic mass is 10.0. The molecular formula is C13H24N2O4. The molecule has 0 spiro atoms. The Bertz CT molecular complexity index is 344. The molecule has 6 heteroatoms. The largest absolute Gasteiger partial charge is 0.468 e. The normalized spacial score (nSPS) is 24.3. The van der Waals surface area contributed by atoms with Gasteiger partial charge < -0.3 is 15.2 Å². The molecule has 2 atom stereocenters. The Morgan fingerprint density at radius 3 is 2.63 bits per heavy atom. The minimum atomic E-state index is -0.587. The molecule has 2 N–H and O–H groups in total. The molecule has 1 saturated heterocycles. The number of rotatable bonds is 5. The van der Waals surface area contributed by atoms with Gasteiger partial charge >= 0.3 is 5.97 Å². The average Bonchev–Trinajstić information content (AvgIpc) is 2.68. The number of ether oxygens (including phenoxy) is 1. The summed E-state index contributed by atoms with van der Waals surface area (Å²) in [5.74, 6) is -0.547. The van der Waals surface area contributed by atoms with Crippen LogP contribution in [0.5, 0.6) is 0 Å². The first-order valence-electron chi connectivity index (χ1n) is 6.60. The van der Waals surface area contributed by atoms with Crippen LogP contribution in [0.1, 0.15) is 33.6 Å². The van der Waals surface area contributed by atoms with Gasteiger partial charge in [-0.2, -0.15) is 0 Å². The van der Waals surface area contributed by atoms with Crippen LogP contribution in [0.4, 0.5) is 0 Å². The average molecular weight is 272 g/mol. The van der Waals surface area contributed by atoms with Gasteiger partial charge in [-0.05, 0) is 20.3 Å². The van der Waals surface area contributed by atoms with Gasteiger partial charge in [0.15, 0.2) is 0 Å². The van der Waals surface area contributed by atoms with E-state index in [0.29, 0.717) is 13.0 Å². The number of hydrogen-bond donors (Lipinski definition) is 2. The van der Waals surface area contributed by atoms with Gasteiger partial charge in [0.2, 0.25) is 5.91 Å². The summed E-state index contributed by atoms with van der Waals surface area (Å²) in [5.41, 5.74) is -0.268. The van der Waals surface area contributed by atoms with Crippen LogP contribution in [-0.4, -0.2) is 59.8 Å². The standard InChI is InChI=1S/C13H24N2O4/c1-5-13(2,3)14-11(17)8-15-7-9(16)6-10(15)12(18)19-4/h9-10,16H,5-8H2,1-4H3,(H,14,17). The zero-order valence-corrected chi connectivity index (χ0v) is 12.1. The third-order valence-electron chi connectivity index (χ3n) is 3.56. The molecule has 0 aromatic carbocycles. The Kier molecular flexibility index (Phi) is 5.31. The van der Waals surface area contributed by atoms with Gasteiger partial charge in [-0.15, -0.1) is 0 Å². The molecule has 1 heterocycles. The molecule has 1 aliphatic rings. The van der Waals surface area contributed by atoms with Crippen molar-refractivity contribution in [3.8, 4) is 0 Å². The summed E-state index contributed by atoms with van der Waals surface area (Å²) in [6, 6.07) is -0.532. The fraction of sp³-hybridized carbons (Fsp3) is 0.846. The number of likely N-dealkylation sites (tertiary alicyclic amines) is 1. The van der Waals surface area contributed by atoms with Gasteiger partial charge in [-0.25, -0.2) is 0 Å². The van der Waals surface area contributed by atoms with Crippen molar-refractivity contribution in [1.82, 2.24) is 10.2 Å². The number of methoxy groups -OCH3 is 1. The zero-order valence-electron chi connectivity index (χ0n) is 12.1. The summed E-state index contributed by atoms with van der Waals surface area (Å²) in [5, 5.41) is 12.5. The minimum absolute atomic E-state index is 0.0975. The number of nitrogens with one attached hydrogen (secondary N) is 1. The Labute approximate surface area is 114 Å². The Morgan fingerprint density at radius 2 is 2.11 bits per heavy atom. The van der Waals surface area contributed by atoms with Crippen LogP contribution in [-0.2, 0) is 14.3 Å². The first-order chi connectivity index (χ1) is 8.79. The number of β-amino-alcohol motifs (C(OH)–C–C–N with tert-alkyl or cyclic N) is 1. The van der Waals surface area contributed by atoms with Gasteiger partial charge in [0.25, 0.3) is 0 Å². The second-order valence-electron chi connectivity index (χ2n) is 5.64. The molecule has 19 heavy (non-hydrogen) atoms. The van der Waals surface area contributed by atoms with E-state index in [9.17, 15) is 14.7 Å². The lowest BCUT2D eigenvalue weighted by Crippen LogP contribution is -2.49. The van der Waals surface area contributed by atoms with Crippen molar-refractivity contribution in [2.45, 2.75) is 51.3 Å². The number of carbonyl (C=O) groups excluding carboxylic acids is 2. The van der Waals surface area contributed by atoms with Crippen LogP contribution in [0.25, 0.3) is 0 Å². The molecule has 1 amide bonds. The van der Waals surface area contributed by atoms with Crippen LogP contribution in [0.2, 0.25) is 0 Å². The van der Waals surface area contributed by atoms with E-state index in [1.54, 1.807) is 4.90 Å². The van der Waals surface area contributed by atoms with Crippen LogP contribution >= 0.6 is 0 Å². The van der Waals surface area contributed by atoms with Gasteiger partial charge in [0.1, 0.15) is 6.04 Å². The second kappa shape index (κ2) is 6.34. The van der Waals surface area contributed by atoms with Crippen molar-refractivity contribution in [3.05, 3.63) is 0 Å². The van der Waals surface area contributed by atoms with E-state index >= 15 is 0 Å². The van der Waals surface area contributed by atoms with Gasteiger partial charge in [-0.3, -0.25) is 14.5 Å². The van der Waals surface area contributed by atoms with E-state index in [1.165, 1.54) is 7.11 Å². The molecule has 6 nitrogen and oxygen atoms in total. The van der Waals surface area contributed by atoms with Crippen LogP contribution in [0.15, 0.2) is 0 Å². The maximum atomic E-state index is 12.0. The third kappa shape index (κ3) is 4.47. The number of carbonyl (C=O) groups is 2. The molecule has 1 aliphatic heterocycles. The number of nitrogens with zero attached hydrogens (tertiary/aromatic N) is 1. The van der Waals surface area contributed by atoms with E-state index in [1.807, 2.05) is 20.8 Å². The molecule has 1 rings (SSSR count). The molecular weight excluding hydrogens is 248 g/mol. The fourth-order valence-electron chi connectivity index (χ4n) is 2.13. The topological polar surface area (TPSA) is 78.9 Å². The first-order valence-corrected chi connectivity index (χ1v) is 6.60. The number of hydrogen-bond acceptors (Lipinski definition) is 5. The maximum Gasteiger partial charge on any atom is 0.323 e. The highest BCUT2D eigenvalue weighted by molar-refractivity contribution is 5.81. The third-order valence-corrected chi connectivity index (χ3v) is 3.56. The Balaban J connectivity index is 2.59. The maximum absolute atomic E-state index is 12.0. The molecule has 0 aromatic rings. The van der Waals surface area contributed by atoms with E-state index in [4.69, 9.17) is 4.74 Å². The lowest BCUT2D eigenvalue weighted by molar-refractivity contribution is -0.146. The van der Waals surface area contributed by atoms with Crippen LogP contribution in [0.3, 0.4) is 0 Å². The SMILES string of the molecule is CCC(C)(C)NC(=O)CN1CC(O)CC1C(=O)OC. The van der Waals surface area contributed by atoms with Crippen molar-refractivity contribution in [2.75, 3.05) is 20.2 Å². The van der Waals surface area contributed by atoms with Gasteiger partial charge in [0, 0.05) is 18.5 Å². The predicted octanol–water partition coefficient (Wildman–Crippen LogP) is -0.101. The first kappa shape index (κ1) is 15.9. The summed E-state index contributed by atoms with van der Waals surface area (Å²) in [4.78, 5) is 25.2. The Morgan fingerprint density at radius 1 is 1.47 bits per heavy atom. The highest BCUT2D eigenvalue weighted by Crippen LogP contribution is 2.18. The second-order valence-corrected chi connectivity index (χ2v) is 5.64. The van der Waals surface area contributed by atoms with Crippen molar-refractivity contribution < 1.29 is 19.4 Å². The molecule has 0 bridgehead atoms. The van der Waals surface area contributed by atoms with E-state index in [-0.39, 0.29) is 18.0 Å². The number of esters is 1. The molecule has 0 saturated carbocycles. The minimum Gasteiger partial charge on any atom is -0.468 e. The van der Waals surface area contributed by atoms with E-state index in [2.05, 4.69) is 5.32 Å². The Hall–Kier alpha value is -1.14. The summed E-state index contributed by atoms with van der Waals surface area (Å²) >= 11 is 0. The molecule has 0 radical (unpaired) electrons. The van der Waals surface area contributed by atoms with Crippen molar-refractivity contribution >= 4 is 11.9 Å². The monoisotopic (exact) mass is 272 g/mol. The van der Waals surface area contributed by atoms with Crippen LogP contribution in [0, 0.1) is 0 Å². The molecule has 0 aliphatic carbocycles. The highest BCUT2D eigenvalue weighted by Gasteiger charge is 2.37. The van der Waals surface area contributed by atoms with Crippen molar-refractivity contribution in [2.24, 2.45) is 0 Å². The number of amides is 1. The molecule has 2 unspecified atom stereocenters. The van der Waals surface area contributed by atoms with Crippen molar-refractivity contribution in [1.29, 1.82) is 0 Å². The summed E-state index contributed by atoms with van der Waals surface area (Å²) < 4.78 is 4.69. The highest BCUT2D eigenvalue weighted by atomic mass is 16.5. The zero-order chi connectivity index (χ0) is 14.6. The quantitative estimate of drug-likeness (QED) is 0.683. The molecule has 0 aromatic heterocycles. The lowest BCUT2D eigenvalue weighted by Gasteiger charge is -2.27. The summed E-state index contributed by atoms with van der Waals surface area (Å²) in [7, 11) is 1.31. The summed E-state index contributed by atoms with van der Waals surface area (Å²) in [6.45, 7) is 6.31. The predicted molar refractivity (Wildman–Crippen MR) is 70.5 cm³/mol. The molecule has 110 valence electrons. The van der Waals surface area contributed by atoms with Crippen LogP contribution < -0.4 is 5.32 Å². The molecule has 1 fully saturated rings. The number of aliphatic hydroxyl groups is 1.